The van der Waals surface area contributed by atoms with Crippen molar-refractivity contribution in [3.05, 3.63) is 82.3 Å². The molecule has 0 radical (unpaired) electrons. The van der Waals surface area contributed by atoms with Crippen LogP contribution in [0.3, 0.4) is 0 Å². The number of rotatable bonds is 4. The van der Waals surface area contributed by atoms with Crippen molar-refractivity contribution in [1.29, 1.82) is 0 Å². The quantitative estimate of drug-likeness (QED) is 0.679. The Morgan fingerprint density at radius 1 is 1.07 bits per heavy atom. The Labute approximate surface area is 164 Å². The topological polar surface area (TPSA) is 49.4 Å². The van der Waals surface area contributed by atoms with Gasteiger partial charge in [-0.15, -0.1) is 23.1 Å². The van der Waals surface area contributed by atoms with Gasteiger partial charge in [-0.05, 0) is 41.3 Å². The van der Waals surface area contributed by atoms with E-state index in [1.165, 1.54) is 34.1 Å². The van der Waals surface area contributed by atoms with Crippen molar-refractivity contribution in [3.8, 4) is 0 Å². The zero-order valence-electron chi connectivity index (χ0n) is 14.1. The smallest absolute Gasteiger partial charge is 0.265 e. The third-order valence-electron chi connectivity index (χ3n) is 4.18. The second-order valence-corrected chi connectivity index (χ2v) is 7.95. The second-order valence-electron chi connectivity index (χ2n) is 5.93. The summed E-state index contributed by atoms with van der Waals surface area (Å²) in [6.07, 6.45) is 0. The predicted octanol–water partition coefficient (Wildman–Crippen LogP) is 4.92. The largest absolute Gasteiger partial charge is 0.321 e. The van der Waals surface area contributed by atoms with Crippen LogP contribution in [0.25, 0.3) is 0 Å². The Kier molecular flexibility index (Phi) is 4.96. The highest BCUT2D eigenvalue weighted by atomic mass is 32.2. The average molecular weight is 398 g/mol. The number of nitrogens with one attached hydrogen (secondary N) is 1. The Bertz CT molecular complexity index is 974. The lowest BCUT2D eigenvalue weighted by molar-refractivity contribution is -0.115. The molecule has 1 N–H and O–H groups in total. The molecule has 7 heteroatoms. The molecule has 0 unspecified atom stereocenters. The Balaban J connectivity index is 1.55. The van der Waals surface area contributed by atoms with Crippen LogP contribution in [0.4, 0.5) is 15.8 Å². The molecule has 1 aliphatic heterocycles. The van der Waals surface area contributed by atoms with Gasteiger partial charge in [0.05, 0.1) is 16.3 Å². The molecule has 1 saturated heterocycles. The van der Waals surface area contributed by atoms with Crippen molar-refractivity contribution < 1.29 is 14.0 Å². The third-order valence-corrected chi connectivity index (χ3v) is 6.26. The van der Waals surface area contributed by atoms with Gasteiger partial charge in [-0.3, -0.25) is 14.5 Å². The van der Waals surface area contributed by atoms with Gasteiger partial charge in [0, 0.05) is 5.69 Å². The summed E-state index contributed by atoms with van der Waals surface area (Å²) in [6.45, 7) is 0. The summed E-state index contributed by atoms with van der Waals surface area (Å²) in [6, 6.07) is 17.2. The van der Waals surface area contributed by atoms with Crippen LogP contribution in [0.1, 0.15) is 20.6 Å². The van der Waals surface area contributed by atoms with Crippen LogP contribution in [0.2, 0.25) is 0 Å². The van der Waals surface area contributed by atoms with E-state index in [0.717, 1.165) is 5.56 Å². The fourth-order valence-corrected chi connectivity index (χ4v) is 4.70. The maximum absolute atomic E-state index is 14.2. The lowest BCUT2D eigenvalue weighted by atomic mass is 10.1. The van der Waals surface area contributed by atoms with Crippen LogP contribution in [-0.4, -0.2) is 17.6 Å². The average Bonchev–Trinajstić information content (AvgIpc) is 3.33. The molecule has 1 aliphatic rings. The van der Waals surface area contributed by atoms with Crippen LogP contribution in [0.15, 0.2) is 66.0 Å². The predicted molar refractivity (Wildman–Crippen MR) is 108 cm³/mol. The number of nitrogens with zero attached hydrogens (tertiary/aromatic N) is 1. The lowest BCUT2D eigenvalue weighted by Crippen LogP contribution is -2.28. The van der Waals surface area contributed by atoms with Crippen molar-refractivity contribution in [2.24, 2.45) is 0 Å². The highest BCUT2D eigenvalue weighted by molar-refractivity contribution is 8.00. The Morgan fingerprint density at radius 3 is 2.56 bits per heavy atom. The first kappa shape index (κ1) is 17.8. The number of halogens is 1. The number of thiophene rings is 1. The lowest BCUT2D eigenvalue weighted by Gasteiger charge is -2.24. The monoisotopic (exact) mass is 398 g/mol. The number of carbonyl (C=O) groups excluding carboxylic acids is 2. The molecule has 0 aliphatic carbocycles. The number of thioether (sulfide) groups is 1. The summed E-state index contributed by atoms with van der Waals surface area (Å²) in [5, 5.41) is 4.40. The molecule has 4 nitrogen and oxygen atoms in total. The number of amides is 2. The first-order valence-electron chi connectivity index (χ1n) is 8.26. The van der Waals surface area contributed by atoms with Crippen molar-refractivity contribution in [2.45, 2.75) is 5.37 Å². The minimum atomic E-state index is -0.418. The summed E-state index contributed by atoms with van der Waals surface area (Å²) in [5.74, 6) is -0.393. The SMILES string of the molecule is O=C(Nc1ccc([C@@H]2SCC(=O)N2c2ccccc2F)cc1)c1cccs1. The minimum Gasteiger partial charge on any atom is -0.321 e. The first-order chi connectivity index (χ1) is 13.1. The molecule has 136 valence electrons. The van der Waals surface area contributed by atoms with Gasteiger partial charge >= 0.3 is 0 Å². The molecule has 0 spiro atoms. The molecule has 2 aromatic carbocycles. The van der Waals surface area contributed by atoms with Gasteiger partial charge in [0.15, 0.2) is 0 Å². The Morgan fingerprint density at radius 2 is 1.85 bits per heavy atom. The molecule has 0 saturated carbocycles. The van der Waals surface area contributed by atoms with E-state index >= 15 is 0 Å². The number of anilines is 2. The summed E-state index contributed by atoms with van der Waals surface area (Å²) in [5.41, 5.74) is 1.83. The Hall–Kier alpha value is -2.64. The summed E-state index contributed by atoms with van der Waals surface area (Å²) in [4.78, 5) is 26.6. The van der Waals surface area contributed by atoms with E-state index in [1.54, 1.807) is 36.4 Å². The number of benzene rings is 2. The molecule has 3 aromatic rings. The molecule has 1 fully saturated rings. The standard InChI is InChI=1S/C20H15FN2O2S2/c21-15-4-1-2-5-16(15)23-18(24)12-27-20(23)13-7-9-14(10-8-13)22-19(25)17-6-3-11-26-17/h1-11,20H,12H2,(H,22,25)/t20-/m0/s1. The molecule has 1 atom stereocenters. The number of hydrogen-bond acceptors (Lipinski definition) is 4. The van der Waals surface area contributed by atoms with Crippen molar-refractivity contribution in [1.82, 2.24) is 0 Å². The number of para-hydroxylation sites is 1. The molecule has 4 rings (SSSR count). The number of carbonyl (C=O) groups is 2. The summed E-state index contributed by atoms with van der Waals surface area (Å²) >= 11 is 2.84. The molecule has 27 heavy (non-hydrogen) atoms. The maximum atomic E-state index is 14.2. The molecular formula is C20H15FN2O2S2. The molecule has 1 aromatic heterocycles. The normalized spacial score (nSPS) is 16.6. The minimum absolute atomic E-state index is 0.120. The van der Waals surface area contributed by atoms with Crippen molar-refractivity contribution >= 4 is 46.3 Å². The van der Waals surface area contributed by atoms with Gasteiger partial charge in [0.25, 0.3) is 5.91 Å². The molecule has 0 bridgehead atoms. The van der Waals surface area contributed by atoms with E-state index in [4.69, 9.17) is 0 Å². The van der Waals surface area contributed by atoms with Crippen molar-refractivity contribution in [2.75, 3.05) is 16.0 Å². The van der Waals surface area contributed by atoms with Crippen LogP contribution >= 0.6 is 23.1 Å². The van der Waals surface area contributed by atoms with Crippen LogP contribution in [0.5, 0.6) is 0 Å². The fraction of sp³-hybridized carbons (Fsp3) is 0.100. The zero-order chi connectivity index (χ0) is 18.8. The third kappa shape index (κ3) is 3.61. The second kappa shape index (κ2) is 7.54. The van der Waals surface area contributed by atoms with E-state index < -0.39 is 5.82 Å². The maximum Gasteiger partial charge on any atom is 0.265 e. The molecule has 2 amide bonds. The zero-order valence-corrected chi connectivity index (χ0v) is 15.7. The van der Waals surface area contributed by atoms with Crippen LogP contribution < -0.4 is 10.2 Å². The van der Waals surface area contributed by atoms with Gasteiger partial charge in [-0.1, -0.05) is 30.3 Å². The van der Waals surface area contributed by atoms with E-state index in [9.17, 15) is 14.0 Å². The van der Waals surface area contributed by atoms with Crippen LogP contribution in [-0.2, 0) is 4.79 Å². The highest BCUT2D eigenvalue weighted by Gasteiger charge is 2.35. The van der Waals surface area contributed by atoms with E-state index in [0.29, 0.717) is 16.3 Å². The molecular weight excluding hydrogens is 383 g/mol. The van der Waals surface area contributed by atoms with E-state index in [-0.39, 0.29) is 22.9 Å². The molecule has 2 heterocycles. The van der Waals surface area contributed by atoms with Gasteiger partial charge in [-0.2, -0.15) is 0 Å². The van der Waals surface area contributed by atoms with Crippen LogP contribution in [0, 0.1) is 5.82 Å². The van der Waals surface area contributed by atoms with Crippen molar-refractivity contribution in [3.63, 3.8) is 0 Å². The van der Waals surface area contributed by atoms with Gasteiger partial charge < -0.3 is 5.32 Å². The van der Waals surface area contributed by atoms with Gasteiger partial charge in [0.1, 0.15) is 11.2 Å². The number of hydrogen-bond donors (Lipinski definition) is 1. The highest BCUT2D eigenvalue weighted by Crippen LogP contribution is 2.42. The summed E-state index contributed by atoms with van der Waals surface area (Å²) in [7, 11) is 0. The first-order valence-corrected chi connectivity index (χ1v) is 10.2. The van der Waals surface area contributed by atoms with E-state index in [2.05, 4.69) is 5.32 Å². The van der Waals surface area contributed by atoms with Gasteiger partial charge in [-0.25, -0.2) is 4.39 Å². The summed E-state index contributed by atoms with van der Waals surface area (Å²) < 4.78 is 14.2. The van der Waals surface area contributed by atoms with E-state index in [1.807, 2.05) is 23.6 Å². The fourth-order valence-electron chi connectivity index (χ4n) is 2.91. The van der Waals surface area contributed by atoms with Gasteiger partial charge in [0.2, 0.25) is 5.91 Å².